The normalized spacial score (nSPS) is 20.9. The maximum atomic E-state index is 11.9. The molecule has 1 aliphatic heterocycles. The van der Waals surface area contributed by atoms with E-state index >= 15 is 0 Å². The van der Waals surface area contributed by atoms with Gasteiger partial charge in [0.05, 0.1) is 18.4 Å². The Labute approximate surface area is 158 Å². The van der Waals surface area contributed by atoms with Crippen molar-refractivity contribution < 1.29 is 23.9 Å². The van der Waals surface area contributed by atoms with Crippen molar-refractivity contribution in [3.63, 3.8) is 0 Å². The average molecular weight is 369 g/mol. The van der Waals surface area contributed by atoms with Crippen LogP contribution in [0.1, 0.15) is 91.4 Å². The number of carbonyl (C=O) groups is 3. The van der Waals surface area contributed by atoms with Gasteiger partial charge in [-0.3, -0.25) is 14.4 Å². The summed E-state index contributed by atoms with van der Waals surface area (Å²) in [6.45, 7) is 6.04. The van der Waals surface area contributed by atoms with Crippen LogP contribution in [-0.2, 0) is 23.9 Å². The molecule has 1 saturated heterocycles. The molecule has 5 nitrogen and oxygen atoms in total. The summed E-state index contributed by atoms with van der Waals surface area (Å²) in [7, 11) is 0. The lowest BCUT2D eigenvalue weighted by Gasteiger charge is -2.21. The minimum atomic E-state index is -0.493. The summed E-state index contributed by atoms with van der Waals surface area (Å²) in [6, 6.07) is 0. The summed E-state index contributed by atoms with van der Waals surface area (Å²) in [4.78, 5) is 35.2. The van der Waals surface area contributed by atoms with Crippen LogP contribution in [0.5, 0.6) is 0 Å². The Balaban J connectivity index is 2.13. The van der Waals surface area contributed by atoms with Crippen LogP contribution < -0.4 is 0 Å². The first-order valence-corrected chi connectivity index (χ1v) is 10.4. The van der Waals surface area contributed by atoms with Gasteiger partial charge in [0.1, 0.15) is 0 Å². The topological polar surface area (TPSA) is 69.7 Å². The molecule has 0 aromatic heterocycles. The lowest BCUT2D eigenvalue weighted by Crippen LogP contribution is -2.29. The first-order valence-electron chi connectivity index (χ1n) is 10.4. The maximum absolute atomic E-state index is 11.9. The molecular formula is C21H36O5. The highest BCUT2D eigenvalue weighted by molar-refractivity contribution is 5.96. The Morgan fingerprint density at radius 2 is 1.54 bits per heavy atom. The Hall–Kier alpha value is -1.39. The molecule has 0 aliphatic carbocycles. The van der Waals surface area contributed by atoms with Crippen LogP contribution in [0.2, 0.25) is 0 Å². The minimum Gasteiger partial charge on any atom is -0.465 e. The fourth-order valence-electron chi connectivity index (χ4n) is 3.54. The molecule has 0 saturated carbocycles. The van der Waals surface area contributed by atoms with Crippen molar-refractivity contribution in [3.8, 4) is 0 Å². The van der Waals surface area contributed by atoms with Crippen molar-refractivity contribution >= 4 is 17.9 Å². The number of esters is 3. The van der Waals surface area contributed by atoms with Crippen LogP contribution in [0.3, 0.4) is 0 Å². The van der Waals surface area contributed by atoms with Crippen molar-refractivity contribution in [1.82, 2.24) is 0 Å². The third kappa shape index (κ3) is 7.88. The van der Waals surface area contributed by atoms with E-state index in [2.05, 4.69) is 6.92 Å². The van der Waals surface area contributed by atoms with Crippen molar-refractivity contribution in [2.24, 2.45) is 17.8 Å². The van der Waals surface area contributed by atoms with Crippen molar-refractivity contribution in [1.29, 1.82) is 0 Å². The van der Waals surface area contributed by atoms with Crippen LogP contribution >= 0.6 is 0 Å². The quantitative estimate of drug-likeness (QED) is 0.250. The van der Waals surface area contributed by atoms with Gasteiger partial charge in [-0.25, -0.2) is 0 Å². The van der Waals surface area contributed by atoms with E-state index in [1.807, 2.05) is 6.92 Å². The molecule has 1 fully saturated rings. The highest BCUT2D eigenvalue weighted by atomic mass is 16.6. The Bertz CT molecular complexity index is 446. The van der Waals surface area contributed by atoms with Gasteiger partial charge in [-0.15, -0.1) is 0 Å². The molecule has 0 radical (unpaired) electrons. The Kier molecular flexibility index (Phi) is 11.2. The summed E-state index contributed by atoms with van der Waals surface area (Å²) in [5.41, 5.74) is 0. The first kappa shape index (κ1) is 22.7. The van der Waals surface area contributed by atoms with Gasteiger partial charge in [0, 0.05) is 12.3 Å². The Morgan fingerprint density at radius 1 is 0.962 bits per heavy atom. The zero-order valence-corrected chi connectivity index (χ0v) is 16.8. The van der Waals surface area contributed by atoms with Gasteiger partial charge in [-0.05, 0) is 12.8 Å². The second-order valence-corrected chi connectivity index (χ2v) is 7.48. The van der Waals surface area contributed by atoms with Crippen LogP contribution in [0, 0.1) is 17.8 Å². The fraction of sp³-hybridized carbons (Fsp3) is 0.857. The van der Waals surface area contributed by atoms with E-state index in [-0.39, 0.29) is 18.5 Å². The average Bonchev–Trinajstić information content (AvgIpc) is 2.87. The minimum absolute atomic E-state index is 0.156. The van der Waals surface area contributed by atoms with Gasteiger partial charge in [-0.2, -0.15) is 0 Å². The number of unbranched alkanes of at least 4 members (excludes halogenated alkanes) is 8. The number of ether oxygens (including phenoxy) is 2. The second-order valence-electron chi connectivity index (χ2n) is 7.48. The molecule has 26 heavy (non-hydrogen) atoms. The number of cyclic esters (lactones) is 2. The Morgan fingerprint density at radius 3 is 2.04 bits per heavy atom. The third-order valence-electron chi connectivity index (χ3n) is 5.36. The summed E-state index contributed by atoms with van der Waals surface area (Å²) in [6.07, 6.45) is 12.0. The van der Waals surface area contributed by atoms with E-state index in [0.29, 0.717) is 12.8 Å². The lowest BCUT2D eigenvalue weighted by molar-refractivity contribution is -0.155. The fourth-order valence-corrected chi connectivity index (χ4v) is 3.54. The summed E-state index contributed by atoms with van der Waals surface area (Å²) in [5.74, 6) is -2.27. The van der Waals surface area contributed by atoms with E-state index in [9.17, 15) is 14.4 Å². The molecule has 150 valence electrons. The van der Waals surface area contributed by atoms with Crippen molar-refractivity contribution in [2.75, 3.05) is 6.61 Å². The standard InChI is InChI=1S/C21H36O5/c1-4-6-7-8-9-10-11-12-13-14-18(22)25-15-17(5-2)19-16(3)20(23)26-21(19)24/h16-17,19H,4-15H2,1-3H3. The zero-order chi connectivity index (χ0) is 19.4. The van der Waals surface area contributed by atoms with Crippen LogP contribution in [-0.4, -0.2) is 24.5 Å². The maximum Gasteiger partial charge on any atom is 0.317 e. The van der Waals surface area contributed by atoms with Crippen LogP contribution in [0.4, 0.5) is 0 Å². The van der Waals surface area contributed by atoms with Gasteiger partial charge < -0.3 is 9.47 Å². The third-order valence-corrected chi connectivity index (χ3v) is 5.36. The molecule has 0 spiro atoms. The summed E-state index contributed by atoms with van der Waals surface area (Å²) >= 11 is 0. The first-order chi connectivity index (χ1) is 12.5. The van der Waals surface area contributed by atoms with Gasteiger partial charge >= 0.3 is 17.9 Å². The second kappa shape index (κ2) is 12.9. The van der Waals surface area contributed by atoms with E-state index in [0.717, 1.165) is 12.8 Å². The molecule has 1 aliphatic rings. The molecule has 0 bridgehead atoms. The summed E-state index contributed by atoms with van der Waals surface area (Å²) in [5, 5.41) is 0. The molecule has 5 heteroatoms. The SMILES string of the molecule is CCCCCCCCCCCC(=O)OCC(CC)C1C(=O)OC(=O)C1C. The molecule has 3 unspecified atom stereocenters. The molecular weight excluding hydrogens is 332 g/mol. The van der Waals surface area contributed by atoms with E-state index in [1.54, 1.807) is 6.92 Å². The predicted octanol–water partition coefficient (Wildman–Crippen LogP) is 4.81. The van der Waals surface area contributed by atoms with Crippen molar-refractivity contribution in [3.05, 3.63) is 0 Å². The van der Waals surface area contributed by atoms with Crippen LogP contribution in [0.15, 0.2) is 0 Å². The smallest absolute Gasteiger partial charge is 0.317 e. The van der Waals surface area contributed by atoms with Crippen LogP contribution in [0.25, 0.3) is 0 Å². The highest BCUT2D eigenvalue weighted by Gasteiger charge is 2.45. The monoisotopic (exact) mass is 368 g/mol. The largest absolute Gasteiger partial charge is 0.465 e. The van der Waals surface area contributed by atoms with Gasteiger partial charge in [0.25, 0.3) is 0 Å². The van der Waals surface area contributed by atoms with E-state index in [4.69, 9.17) is 9.47 Å². The molecule has 0 aromatic carbocycles. The highest BCUT2D eigenvalue weighted by Crippen LogP contribution is 2.32. The predicted molar refractivity (Wildman–Crippen MR) is 100 cm³/mol. The zero-order valence-electron chi connectivity index (χ0n) is 16.8. The van der Waals surface area contributed by atoms with E-state index < -0.39 is 23.8 Å². The molecule has 1 rings (SSSR count). The molecule has 3 atom stereocenters. The molecule has 0 aromatic rings. The summed E-state index contributed by atoms with van der Waals surface area (Å²) < 4.78 is 10.0. The number of hydrogen-bond donors (Lipinski definition) is 0. The number of hydrogen-bond acceptors (Lipinski definition) is 5. The van der Waals surface area contributed by atoms with Gasteiger partial charge in [0.15, 0.2) is 0 Å². The molecule has 1 heterocycles. The number of rotatable bonds is 14. The van der Waals surface area contributed by atoms with Gasteiger partial charge in [-0.1, -0.05) is 72.1 Å². The lowest BCUT2D eigenvalue weighted by atomic mass is 9.83. The van der Waals surface area contributed by atoms with Crippen molar-refractivity contribution in [2.45, 2.75) is 91.4 Å². The molecule has 0 N–H and O–H groups in total. The van der Waals surface area contributed by atoms with Gasteiger partial charge in [0.2, 0.25) is 0 Å². The number of carbonyl (C=O) groups excluding carboxylic acids is 3. The molecule has 0 amide bonds. The van der Waals surface area contributed by atoms with E-state index in [1.165, 1.54) is 44.9 Å².